The molecule has 0 unspecified atom stereocenters. The molecule has 1 atom stereocenters. The monoisotopic (exact) mass is 488 g/mol. The van der Waals surface area contributed by atoms with Crippen molar-refractivity contribution >= 4 is 28.0 Å². The molecule has 2 aliphatic heterocycles. The van der Waals surface area contributed by atoms with Gasteiger partial charge in [0.25, 0.3) is 0 Å². The van der Waals surface area contributed by atoms with E-state index in [2.05, 4.69) is 19.9 Å². The van der Waals surface area contributed by atoms with Gasteiger partial charge < -0.3 is 9.47 Å². The number of carbonyl (C=O) groups is 2. The summed E-state index contributed by atoms with van der Waals surface area (Å²) in [5.74, 6) is 1.05. The molecule has 6 nitrogen and oxygen atoms in total. The molecule has 35 heavy (non-hydrogen) atoms. The summed E-state index contributed by atoms with van der Waals surface area (Å²) < 4.78 is 11.0. The molecule has 0 fully saturated rings. The third kappa shape index (κ3) is 3.66. The minimum Gasteiger partial charge on any atom is -0.454 e. The molecular formula is C28H28N2O4S. The van der Waals surface area contributed by atoms with Crippen molar-refractivity contribution in [2.45, 2.75) is 71.1 Å². The van der Waals surface area contributed by atoms with Crippen molar-refractivity contribution in [3.8, 4) is 17.6 Å². The highest BCUT2D eigenvalue weighted by molar-refractivity contribution is 7.16. The van der Waals surface area contributed by atoms with Crippen molar-refractivity contribution in [3.63, 3.8) is 0 Å². The lowest BCUT2D eigenvalue weighted by Crippen LogP contribution is -2.43. The fraction of sp³-hybridized carbons (Fsp3) is 0.464. The van der Waals surface area contributed by atoms with E-state index in [1.54, 1.807) is 16.2 Å². The number of hydrogen-bond acceptors (Lipinski definition) is 6. The Morgan fingerprint density at radius 3 is 2.71 bits per heavy atom. The Morgan fingerprint density at radius 2 is 1.89 bits per heavy atom. The lowest BCUT2D eigenvalue weighted by molar-refractivity contribution is -0.120. The van der Waals surface area contributed by atoms with Crippen LogP contribution in [0.5, 0.6) is 11.5 Å². The first kappa shape index (κ1) is 22.4. The second-order valence-electron chi connectivity index (χ2n) is 10.8. The van der Waals surface area contributed by atoms with Crippen LogP contribution in [0.4, 0.5) is 5.00 Å². The number of rotatable bonds is 2. The fourth-order valence-corrected chi connectivity index (χ4v) is 7.45. The highest BCUT2D eigenvalue weighted by atomic mass is 32.1. The van der Waals surface area contributed by atoms with Crippen LogP contribution in [0, 0.1) is 16.7 Å². The zero-order valence-electron chi connectivity index (χ0n) is 20.1. The molecule has 0 N–H and O–H groups in total. The van der Waals surface area contributed by atoms with Crippen LogP contribution in [-0.2, 0) is 22.4 Å². The van der Waals surface area contributed by atoms with Crippen LogP contribution < -0.4 is 14.4 Å². The summed E-state index contributed by atoms with van der Waals surface area (Å²) in [5, 5.41) is 10.9. The zero-order chi connectivity index (χ0) is 24.3. The summed E-state index contributed by atoms with van der Waals surface area (Å²) in [5.41, 5.74) is 3.87. The Kier molecular flexibility index (Phi) is 5.26. The van der Waals surface area contributed by atoms with Crippen LogP contribution in [0.25, 0.3) is 0 Å². The number of ketones is 1. The van der Waals surface area contributed by atoms with Gasteiger partial charge >= 0.3 is 0 Å². The Hall–Kier alpha value is -3.11. The van der Waals surface area contributed by atoms with Gasteiger partial charge in [0.05, 0.1) is 5.56 Å². The summed E-state index contributed by atoms with van der Waals surface area (Å²) in [6.07, 6.45) is 6.43. The second-order valence-corrected chi connectivity index (χ2v) is 11.8. The second kappa shape index (κ2) is 8.23. The number of anilines is 1. The van der Waals surface area contributed by atoms with Gasteiger partial charge in [0.2, 0.25) is 12.7 Å². The van der Waals surface area contributed by atoms with Crippen LogP contribution in [0.2, 0.25) is 0 Å². The topological polar surface area (TPSA) is 79.6 Å². The summed E-state index contributed by atoms with van der Waals surface area (Å²) in [4.78, 5) is 30.5. The highest BCUT2D eigenvalue weighted by Gasteiger charge is 2.45. The van der Waals surface area contributed by atoms with E-state index >= 15 is 0 Å². The summed E-state index contributed by atoms with van der Waals surface area (Å²) in [7, 11) is 0. The van der Waals surface area contributed by atoms with E-state index in [1.807, 2.05) is 18.2 Å². The molecule has 0 saturated heterocycles. The van der Waals surface area contributed by atoms with Crippen LogP contribution in [0.1, 0.15) is 79.9 Å². The molecule has 2 aliphatic carbocycles. The van der Waals surface area contributed by atoms with Crippen molar-refractivity contribution in [2.24, 2.45) is 5.41 Å². The van der Waals surface area contributed by atoms with Gasteiger partial charge in [-0.05, 0) is 60.8 Å². The molecule has 2 aromatic rings. The van der Waals surface area contributed by atoms with Crippen molar-refractivity contribution in [2.75, 3.05) is 11.7 Å². The van der Waals surface area contributed by atoms with Crippen LogP contribution in [0.15, 0.2) is 29.5 Å². The number of hydrogen-bond donors (Lipinski definition) is 0. The number of allylic oxidation sites excluding steroid dienone is 2. The predicted octanol–water partition coefficient (Wildman–Crippen LogP) is 5.78. The summed E-state index contributed by atoms with van der Waals surface area (Å²) >= 11 is 1.58. The van der Waals surface area contributed by atoms with E-state index < -0.39 is 0 Å². The normalized spacial score (nSPS) is 23.0. The number of thiophene rings is 1. The molecule has 0 radical (unpaired) electrons. The van der Waals surface area contributed by atoms with Gasteiger partial charge in [-0.15, -0.1) is 11.3 Å². The van der Waals surface area contributed by atoms with E-state index in [4.69, 9.17) is 9.47 Å². The lowest BCUT2D eigenvalue weighted by Gasteiger charge is -2.42. The molecule has 3 heterocycles. The van der Waals surface area contributed by atoms with Crippen LogP contribution in [-0.4, -0.2) is 18.5 Å². The minimum atomic E-state index is -0.324. The highest BCUT2D eigenvalue weighted by Crippen LogP contribution is 2.51. The van der Waals surface area contributed by atoms with E-state index in [-0.39, 0.29) is 36.2 Å². The first-order chi connectivity index (χ1) is 16.9. The third-order valence-corrected chi connectivity index (χ3v) is 8.94. The van der Waals surface area contributed by atoms with Crippen LogP contribution in [0.3, 0.4) is 0 Å². The Labute approximate surface area is 209 Å². The van der Waals surface area contributed by atoms with E-state index in [0.29, 0.717) is 34.9 Å². The average Bonchev–Trinajstić information content (AvgIpc) is 3.34. The molecule has 180 valence electrons. The fourth-order valence-electron chi connectivity index (χ4n) is 6.07. The zero-order valence-corrected chi connectivity index (χ0v) is 20.9. The van der Waals surface area contributed by atoms with E-state index in [0.717, 1.165) is 48.1 Å². The van der Waals surface area contributed by atoms with Crippen molar-refractivity contribution in [1.29, 1.82) is 5.26 Å². The number of ether oxygens (including phenoxy) is 2. The summed E-state index contributed by atoms with van der Waals surface area (Å²) in [6, 6.07) is 8.13. The number of nitriles is 1. The SMILES string of the molecule is CC1(C)CC(=O)C2=C(C1)N(c1sc3c(c1C#N)CCCCC3)C(=O)C[C@@H]2c1ccc2c(c1)OCO2. The largest absolute Gasteiger partial charge is 0.454 e. The molecule has 6 rings (SSSR count). The molecule has 1 aromatic heterocycles. The molecule has 0 bridgehead atoms. The molecule has 0 saturated carbocycles. The van der Waals surface area contributed by atoms with Gasteiger partial charge in [-0.1, -0.05) is 26.3 Å². The van der Waals surface area contributed by atoms with Crippen molar-refractivity contribution in [3.05, 3.63) is 51.0 Å². The van der Waals surface area contributed by atoms with Gasteiger partial charge in [-0.25, -0.2) is 0 Å². The number of carbonyl (C=O) groups excluding carboxylic acids is 2. The van der Waals surface area contributed by atoms with Crippen LogP contribution >= 0.6 is 11.3 Å². The van der Waals surface area contributed by atoms with E-state index in [1.165, 1.54) is 11.3 Å². The van der Waals surface area contributed by atoms with Gasteiger partial charge in [0.1, 0.15) is 11.1 Å². The van der Waals surface area contributed by atoms with Gasteiger partial charge in [0, 0.05) is 34.9 Å². The molecule has 4 aliphatic rings. The Bertz CT molecular complexity index is 1330. The van der Waals surface area contributed by atoms with Gasteiger partial charge in [0.15, 0.2) is 17.3 Å². The first-order valence-electron chi connectivity index (χ1n) is 12.4. The Balaban J connectivity index is 1.52. The number of benzene rings is 1. The number of nitrogens with zero attached hydrogens (tertiary/aromatic N) is 2. The summed E-state index contributed by atoms with van der Waals surface area (Å²) in [6.45, 7) is 4.34. The number of amides is 1. The lowest BCUT2D eigenvalue weighted by atomic mass is 9.69. The third-order valence-electron chi connectivity index (χ3n) is 7.66. The molecule has 1 aromatic carbocycles. The Morgan fingerprint density at radius 1 is 1.09 bits per heavy atom. The maximum absolute atomic E-state index is 13.9. The quantitative estimate of drug-likeness (QED) is 0.501. The van der Waals surface area contributed by atoms with Gasteiger partial charge in [-0.2, -0.15) is 5.26 Å². The van der Waals surface area contributed by atoms with E-state index in [9.17, 15) is 14.9 Å². The molecule has 0 spiro atoms. The molecule has 1 amide bonds. The average molecular weight is 489 g/mol. The number of fused-ring (bicyclic) bond motifs is 2. The standard InChI is InChI=1S/C28H28N2O4S/c1-28(2)12-20-26(21(31)13-28)18(16-8-9-22-23(10-16)34-15-33-22)11-25(32)30(20)27-19(14-29)17-6-4-3-5-7-24(17)35-27/h8-10,18H,3-7,11-13,15H2,1-2H3/t18-/m1/s1. The smallest absolute Gasteiger partial charge is 0.232 e. The molecular weight excluding hydrogens is 460 g/mol. The minimum absolute atomic E-state index is 0.0511. The maximum Gasteiger partial charge on any atom is 0.232 e. The van der Waals surface area contributed by atoms with Crippen molar-refractivity contribution in [1.82, 2.24) is 0 Å². The molecule has 7 heteroatoms. The van der Waals surface area contributed by atoms with Crippen molar-refractivity contribution < 1.29 is 19.1 Å². The number of Topliss-reactive ketones (excluding diaryl/α,β-unsaturated/α-hetero) is 1. The number of aryl methyl sites for hydroxylation is 1. The maximum atomic E-state index is 13.9. The predicted molar refractivity (Wildman–Crippen MR) is 133 cm³/mol. The first-order valence-corrected chi connectivity index (χ1v) is 13.2. The van der Waals surface area contributed by atoms with Gasteiger partial charge in [-0.3, -0.25) is 14.5 Å².